The zero-order chi connectivity index (χ0) is 12.1. The van der Waals surface area contributed by atoms with Crippen LogP contribution < -0.4 is 5.32 Å². The molecule has 0 unspecified atom stereocenters. The van der Waals surface area contributed by atoms with E-state index in [1.54, 1.807) is 0 Å². The molecule has 1 aliphatic rings. The van der Waals surface area contributed by atoms with Crippen molar-refractivity contribution in [3.05, 3.63) is 34.3 Å². The second kappa shape index (κ2) is 6.01. The van der Waals surface area contributed by atoms with E-state index in [4.69, 9.17) is 0 Å². The summed E-state index contributed by atoms with van der Waals surface area (Å²) in [5, 5.41) is 3.40. The third-order valence-electron chi connectivity index (χ3n) is 3.96. The molecule has 1 aromatic rings. The fourth-order valence-electron chi connectivity index (χ4n) is 3.13. The van der Waals surface area contributed by atoms with Crippen molar-refractivity contribution in [3.63, 3.8) is 0 Å². The Morgan fingerprint density at radius 3 is 2.35 bits per heavy atom. The topological polar surface area (TPSA) is 12.0 Å². The molecule has 1 aromatic carbocycles. The van der Waals surface area contributed by atoms with Gasteiger partial charge < -0.3 is 5.32 Å². The second-order valence-corrected chi connectivity index (χ2v) is 6.31. The maximum Gasteiger partial charge on any atom is 0.0175 e. The summed E-state index contributed by atoms with van der Waals surface area (Å²) in [4.78, 5) is 0. The minimum atomic E-state index is 0.501. The Hall–Kier alpha value is -0.340. The van der Waals surface area contributed by atoms with Gasteiger partial charge in [-0.25, -0.2) is 0 Å². The Bertz CT molecular complexity index is 333. The van der Waals surface area contributed by atoms with Crippen LogP contribution in [-0.2, 0) is 6.42 Å². The van der Waals surface area contributed by atoms with Crippen LogP contribution >= 0.6 is 15.9 Å². The molecule has 0 heterocycles. The maximum absolute atomic E-state index is 3.50. The average molecular weight is 296 g/mol. The molecule has 1 N–H and O–H groups in total. The summed E-state index contributed by atoms with van der Waals surface area (Å²) in [6, 6.07) is 8.84. The highest BCUT2D eigenvalue weighted by Crippen LogP contribution is 2.38. The summed E-state index contributed by atoms with van der Waals surface area (Å²) < 4.78 is 1.17. The molecule has 0 aromatic heterocycles. The normalized spacial score (nSPS) is 19.2. The van der Waals surface area contributed by atoms with Crippen molar-refractivity contribution in [2.45, 2.75) is 38.5 Å². The van der Waals surface area contributed by atoms with Crippen LogP contribution in [0.5, 0.6) is 0 Å². The lowest BCUT2D eigenvalue weighted by Gasteiger charge is -2.37. The lowest BCUT2D eigenvalue weighted by molar-refractivity contribution is 0.185. The summed E-state index contributed by atoms with van der Waals surface area (Å²) in [6.45, 7) is 1.16. The van der Waals surface area contributed by atoms with Gasteiger partial charge in [-0.1, -0.05) is 47.3 Å². The van der Waals surface area contributed by atoms with Crippen LogP contribution in [-0.4, -0.2) is 13.6 Å². The number of hydrogen-bond acceptors (Lipinski definition) is 1. The third-order valence-corrected chi connectivity index (χ3v) is 4.49. The molecule has 2 rings (SSSR count). The largest absolute Gasteiger partial charge is 0.319 e. The molecule has 0 atom stereocenters. The number of benzene rings is 1. The van der Waals surface area contributed by atoms with Gasteiger partial charge in [0.25, 0.3) is 0 Å². The molecule has 1 nitrogen and oxygen atoms in total. The molecular formula is C15H22BrN. The van der Waals surface area contributed by atoms with E-state index < -0.39 is 0 Å². The molecule has 0 spiro atoms. The minimum Gasteiger partial charge on any atom is -0.319 e. The first-order chi connectivity index (χ1) is 8.24. The van der Waals surface area contributed by atoms with Crippen molar-refractivity contribution >= 4 is 15.9 Å². The molecule has 17 heavy (non-hydrogen) atoms. The van der Waals surface area contributed by atoms with Gasteiger partial charge in [-0.15, -0.1) is 0 Å². The number of halogens is 1. The molecule has 0 radical (unpaired) electrons. The van der Waals surface area contributed by atoms with E-state index in [0.29, 0.717) is 5.41 Å². The van der Waals surface area contributed by atoms with Gasteiger partial charge in [-0.2, -0.15) is 0 Å². The Morgan fingerprint density at radius 2 is 1.76 bits per heavy atom. The predicted octanol–water partition coefficient (Wildman–Crippen LogP) is 4.16. The van der Waals surface area contributed by atoms with E-state index in [2.05, 4.69) is 52.6 Å². The Kier molecular flexibility index (Phi) is 4.63. The van der Waals surface area contributed by atoms with Crippen molar-refractivity contribution in [2.75, 3.05) is 13.6 Å². The maximum atomic E-state index is 3.50. The van der Waals surface area contributed by atoms with E-state index >= 15 is 0 Å². The standard InChI is InChI=1S/C15H22BrN/c1-17-12-15(9-3-2-4-10-15)11-13-5-7-14(16)8-6-13/h5-8,17H,2-4,9-12H2,1H3. The summed E-state index contributed by atoms with van der Waals surface area (Å²) in [5.41, 5.74) is 1.98. The Morgan fingerprint density at radius 1 is 1.12 bits per heavy atom. The number of hydrogen-bond donors (Lipinski definition) is 1. The first kappa shape index (κ1) is 13.1. The number of nitrogens with one attached hydrogen (secondary N) is 1. The van der Waals surface area contributed by atoms with Crippen LogP contribution in [0.25, 0.3) is 0 Å². The quantitative estimate of drug-likeness (QED) is 0.879. The fraction of sp³-hybridized carbons (Fsp3) is 0.600. The molecule has 94 valence electrons. The summed E-state index contributed by atoms with van der Waals surface area (Å²) >= 11 is 3.50. The SMILES string of the molecule is CNCC1(Cc2ccc(Br)cc2)CCCCC1. The predicted molar refractivity (Wildman–Crippen MR) is 77.3 cm³/mol. The lowest BCUT2D eigenvalue weighted by atomic mass is 9.70. The van der Waals surface area contributed by atoms with E-state index in [1.807, 2.05) is 0 Å². The molecule has 1 saturated carbocycles. The van der Waals surface area contributed by atoms with Gasteiger partial charge in [-0.3, -0.25) is 0 Å². The van der Waals surface area contributed by atoms with Crippen molar-refractivity contribution < 1.29 is 0 Å². The highest BCUT2D eigenvalue weighted by Gasteiger charge is 2.31. The van der Waals surface area contributed by atoms with Gasteiger partial charge >= 0.3 is 0 Å². The van der Waals surface area contributed by atoms with Gasteiger partial charge in [0, 0.05) is 11.0 Å². The third kappa shape index (κ3) is 3.56. The zero-order valence-corrected chi connectivity index (χ0v) is 12.2. The van der Waals surface area contributed by atoms with E-state index in [9.17, 15) is 0 Å². The van der Waals surface area contributed by atoms with Crippen molar-refractivity contribution in [1.29, 1.82) is 0 Å². The van der Waals surface area contributed by atoms with Gasteiger partial charge in [-0.05, 0) is 49.4 Å². The Balaban J connectivity index is 2.08. The van der Waals surface area contributed by atoms with Crippen molar-refractivity contribution in [1.82, 2.24) is 5.32 Å². The van der Waals surface area contributed by atoms with Crippen LogP contribution in [0.2, 0.25) is 0 Å². The molecule has 0 bridgehead atoms. The van der Waals surface area contributed by atoms with Gasteiger partial charge in [0.05, 0.1) is 0 Å². The smallest absolute Gasteiger partial charge is 0.0175 e. The first-order valence-corrected chi connectivity index (χ1v) is 7.42. The average Bonchev–Trinajstić information content (AvgIpc) is 2.34. The van der Waals surface area contributed by atoms with Crippen LogP contribution in [0.3, 0.4) is 0 Å². The summed E-state index contributed by atoms with van der Waals surface area (Å²) in [7, 11) is 2.08. The van der Waals surface area contributed by atoms with Crippen LogP contribution in [0.15, 0.2) is 28.7 Å². The molecule has 0 amide bonds. The lowest BCUT2D eigenvalue weighted by Crippen LogP contribution is -2.36. The van der Waals surface area contributed by atoms with Crippen LogP contribution in [0, 0.1) is 5.41 Å². The van der Waals surface area contributed by atoms with E-state index in [-0.39, 0.29) is 0 Å². The summed E-state index contributed by atoms with van der Waals surface area (Å²) in [5.74, 6) is 0. The van der Waals surface area contributed by atoms with Crippen LogP contribution in [0.1, 0.15) is 37.7 Å². The minimum absolute atomic E-state index is 0.501. The molecule has 1 fully saturated rings. The molecule has 0 saturated heterocycles. The zero-order valence-electron chi connectivity index (χ0n) is 10.6. The molecular weight excluding hydrogens is 274 g/mol. The van der Waals surface area contributed by atoms with Gasteiger partial charge in [0.15, 0.2) is 0 Å². The van der Waals surface area contributed by atoms with E-state index in [0.717, 1.165) is 6.54 Å². The van der Waals surface area contributed by atoms with Crippen LogP contribution in [0.4, 0.5) is 0 Å². The van der Waals surface area contributed by atoms with Gasteiger partial charge in [0.1, 0.15) is 0 Å². The second-order valence-electron chi connectivity index (χ2n) is 5.39. The van der Waals surface area contributed by atoms with Gasteiger partial charge in [0.2, 0.25) is 0 Å². The monoisotopic (exact) mass is 295 g/mol. The number of rotatable bonds is 4. The molecule has 1 aliphatic carbocycles. The highest BCUT2D eigenvalue weighted by molar-refractivity contribution is 9.10. The first-order valence-electron chi connectivity index (χ1n) is 6.63. The highest BCUT2D eigenvalue weighted by atomic mass is 79.9. The van der Waals surface area contributed by atoms with Crippen molar-refractivity contribution in [3.8, 4) is 0 Å². The fourth-order valence-corrected chi connectivity index (χ4v) is 3.39. The molecule has 0 aliphatic heterocycles. The van der Waals surface area contributed by atoms with E-state index in [1.165, 1.54) is 48.6 Å². The van der Waals surface area contributed by atoms with Crippen molar-refractivity contribution in [2.24, 2.45) is 5.41 Å². The summed E-state index contributed by atoms with van der Waals surface area (Å²) in [6.07, 6.45) is 8.21. The Labute approximate surface area is 113 Å². The molecule has 2 heteroatoms.